The van der Waals surface area contributed by atoms with Gasteiger partial charge in [0.25, 0.3) is 0 Å². The zero-order valence-electron chi connectivity index (χ0n) is 14.0. The molecule has 1 aromatic carbocycles. The lowest BCUT2D eigenvalue weighted by molar-refractivity contribution is -0.122. The molecule has 3 rings (SSSR count). The number of thioether (sulfide) groups is 1. The van der Waals surface area contributed by atoms with Gasteiger partial charge in [0.2, 0.25) is 5.91 Å². The van der Waals surface area contributed by atoms with Crippen molar-refractivity contribution in [3.8, 4) is 0 Å². The predicted molar refractivity (Wildman–Crippen MR) is 97.1 cm³/mol. The Balaban J connectivity index is 1.48. The molecule has 1 aliphatic rings. The molecule has 128 valence electrons. The Morgan fingerprint density at radius 1 is 1.38 bits per heavy atom. The molecule has 2 heterocycles. The molecule has 0 radical (unpaired) electrons. The van der Waals surface area contributed by atoms with Crippen molar-refractivity contribution in [1.29, 1.82) is 0 Å². The summed E-state index contributed by atoms with van der Waals surface area (Å²) in [5.41, 5.74) is 2.19. The number of hydrogen-bond acceptors (Lipinski definition) is 4. The minimum atomic E-state index is -0.0136. The molecule has 0 saturated carbocycles. The Labute approximate surface area is 147 Å². The van der Waals surface area contributed by atoms with E-state index in [4.69, 9.17) is 0 Å². The van der Waals surface area contributed by atoms with E-state index in [1.54, 1.807) is 16.4 Å². The van der Waals surface area contributed by atoms with Gasteiger partial charge in [0.15, 0.2) is 0 Å². The van der Waals surface area contributed by atoms with Crippen molar-refractivity contribution in [3.63, 3.8) is 0 Å². The second-order valence-electron chi connectivity index (χ2n) is 6.11. The average Bonchev–Trinajstić information content (AvgIpc) is 3.09. The molecule has 5 nitrogen and oxygen atoms in total. The lowest BCUT2D eigenvalue weighted by Gasteiger charge is -2.20. The van der Waals surface area contributed by atoms with Gasteiger partial charge < -0.3 is 10.6 Å². The summed E-state index contributed by atoms with van der Waals surface area (Å²) in [5.74, 6) is 0.457. The molecule has 0 aliphatic carbocycles. The number of nitrogens with zero attached hydrogens (tertiary/aromatic N) is 2. The molecule has 1 saturated heterocycles. The number of rotatable bonds is 6. The summed E-state index contributed by atoms with van der Waals surface area (Å²) >= 11 is 1.71. The highest BCUT2D eigenvalue weighted by Crippen LogP contribution is 2.21. The maximum atomic E-state index is 12.1. The van der Waals surface area contributed by atoms with Crippen molar-refractivity contribution >= 4 is 17.7 Å². The number of carbonyl (C=O) groups is 1. The van der Waals surface area contributed by atoms with Gasteiger partial charge >= 0.3 is 0 Å². The van der Waals surface area contributed by atoms with E-state index in [0.717, 1.165) is 24.3 Å². The smallest absolute Gasteiger partial charge is 0.241 e. The number of piperidine rings is 1. The number of amides is 1. The molecular formula is C18H24N4OS. The van der Waals surface area contributed by atoms with E-state index in [0.29, 0.717) is 12.5 Å². The molecule has 2 aromatic rings. The van der Waals surface area contributed by atoms with Crippen LogP contribution in [0.1, 0.15) is 30.0 Å². The van der Waals surface area contributed by atoms with E-state index in [1.807, 2.05) is 24.4 Å². The molecule has 1 aromatic heterocycles. The van der Waals surface area contributed by atoms with Crippen LogP contribution in [-0.4, -0.2) is 35.0 Å². The zero-order valence-corrected chi connectivity index (χ0v) is 14.8. The van der Waals surface area contributed by atoms with Crippen LogP contribution in [0.3, 0.4) is 0 Å². The van der Waals surface area contributed by atoms with Crippen LogP contribution in [0.25, 0.3) is 0 Å². The van der Waals surface area contributed by atoms with Gasteiger partial charge in [-0.25, -0.2) is 0 Å². The van der Waals surface area contributed by atoms with Crippen molar-refractivity contribution in [3.05, 3.63) is 47.8 Å². The van der Waals surface area contributed by atoms with Crippen LogP contribution in [0.2, 0.25) is 0 Å². The SMILES string of the molecule is CSc1ccc(CNC(=O)Cn2ccc([C@@H]3CCCNC3)n2)cc1. The Morgan fingerprint density at radius 3 is 2.92 bits per heavy atom. The third kappa shape index (κ3) is 4.61. The maximum Gasteiger partial charge on any atom is 0.241 e. The Bertz CT molecular complexity index is 662. The molecule has 0 unspecified atom stereocenters. The van der Waals surface area contributed by atoms with Crippen LogP contribution in [-0.2, 0) is 17.9 Å². The lowest BCUT2D eigenvalue weighted by Crippen LogP contribution is -2.29. The van der Waals surface area contributed by atoms with E-state index in [9.17, 15) is 4.79 Å². The lowest BCUT2D eigenvalue weighted by atomic mass is 9.97. The van der Waals surface area contributed by atoms with Crippen LogP contribution >= 0.6 is 11.8 Å². The van der Waals surface area contributed by atoms with Gasteiger partial charge in [-0.15, -0.1) is 11.8 Å². The molecule has 1 aliphatic heterocycles. The van der Waals surface area contributed by atoms with Crippen LogP contribution in [0.4, 0.5) is 0 Å². The predicted octanol–water partition coefficient (Wildman–Crippen LogP) is 2.39. The molecule has 2 N–H and O–H groups in total. The van der Waals surface area contributed by atoms with Gasteiger partial charge in [0.05, 0.1) is 5.69 Å². The number of aromatic nitrogens is 2. The van der Waals surface area contributed by atoms with E-state index in [1.165, 1.54) is 17.7 Å². The number of nitrogens with one attached hydrogen (secondary N) is 2. The number of hydrogen-bond donors (Lipinski definition) is 2. The minimum absolute atomic E-state index is 0.0136. The summed E-state index contributed by atoms with van der Waals surface area (Å²) in [6.07, 6.45) is 6.31. The maximum absolute atomic E-state index is 12.1. The van der Waals surface area contributed by atoms with Crippen molar-refractivity contribution in [2.75, 3.05) is 19.3 Å². The Kier molecular flexibility index (Phi) is 5.93. The highest BCUT2D eigenvalue weighted by molar-refractivity contribution is 7.98. The van der Waals surface area contributed by atoms with E-state index in [2.05, 4.69) is 34.1 Å². The fourth-order valence-electron chi connectivity index (χ4n) is 2.93. The van der Waals surface area contributed by atoms with Crippen molar-refractivity contribution in [1.82, 2.24) is 20.4 Å². The first kappa shape index (κ1) is 17.0. The third-order valence-corrected chi connectivity index (χ3v) is 5.07. The normalized spacial score (nSPS) is 17.6. The second-order valence-corrected chi connectivity index (χ2v) is 6.99. The van der Waals surface area contributed by atoms with Crippen molar-refractivity contribution < 1.29 is 4.79 Å². The second kappa shape index (κ2) is 8.35. The van der Waals surface area contributed by atoms with Gasteiger partial charge in [0, 0.05) is 30.1 Å². The first-order valence-electron chi connectivity index (χ1n) is 8.38. The van der Waals surface area contributed by atoms with Gasteiger partial charge in [0.1, 0.15) is 6.54 Å². The third-order valence-electron chi connectivity index (χ3n) is 4.33. The molecule has 0 spiro atoms. The highest BCUT2D eigenvalue weighted by atomic mass is 32.2. The summed E-state index contributed by atoms with van der Waals surface area (Å²) in [7, 11) is 0. The van der Waals surface area contributed by atoms with E-state index < -0.39 is 0 Å². The standard InChI is InChI=1S/C18H24N4OS/c1-24-16-6-4-14(5-7-16)11-20-18(23)13-22-10-8-17(21-22)15-3-2-9-19-12-15/h4-8,10,15,19H,2-3,9,11-13H2,1H3,(H,20,23)/t15-/m1/s1. The van der Waals surface area contributed by atoms with E-state index in [-0.39, 0.29) is 12.5 Å². The van der Waals surface area contributed by atoms with Crippen LogP contribution in [0.5, 0.6) is 0 Å². The number of benzene rings is 1. The molecule has 0 bridgehead atoms. The van der Waals surface area contributed by atoms with Gasteiger partial charge in [-0.3, -0.25) is 9.48 Å². The summed E-state index contributed by atoms with van der Waals surface area (Å²) in [6.45, 7) is 2.89. The first-order valence-corrected chi connectivity index (χ1v) is 9.61. The summed E-state index contributed by atoms with van der Waals surface area (Å²) in [4.78, 5) is 13.3. The Hall–Kier alpha value is -1.79. The molecule has 1 atom stereocenters. The van der Waals surface area contributed by atoms with Gasteiger partial charge in [-0.1, -0.05) is 12.1 Å². The fraction of sp³-hybridized carbons (Fsp3) is 0.444. The van der Waals surface area contributed by atoms with Crippen LogP contribution in [0.15, 0.2) is 41.4 Å². The highest BCUT2D eigenvalue weighted by Gasteiger charge is 2.17. The van der Waals surface area contributed by atoms with Gasteiger partial charge in [-0.05, 0) is 49.4 Å². The van der Waals surface area contributed by atoms with E-state index >= 15 is 0 Å². The van der Waals surface area contributed by atoms with Crippen LogP contribution in [0, 0.1) is 0 Å². The Morgan fingerprint density at radius 2 is 2.21 bits per heavy atom. The summed E-state index contributed by atoms with van der Waals surface area (Å²) in [6, 6.07) is 10.3. The monoisotopic (exact) mass is 344 g/mol. The minimum Gasteiger partial charge on any atom is -0.350 e. The molecule has 6 heteroatoms. The summed E-state index contributed by atoms with van der Waals surface area (Å²) < 4.78 is 1.73. The largest absolute Gasteiger partial charge is 0.350 e. The topological polar surface area (TPSA) is 59.0 Å². The summed E-state index contributed by atoms with van der Waals surface area (Å²) in [5, 5.41) is 10.9. The molecular weight excluding hydrogens is 320 g/mol. The van der Waals surface area contributed by atoms with Crippen molar-refractivity contribution in [2.45, 2.75) is 36.7 Å². The first-order chi connectivity index (χ1) is 11.7. The fourth-order valence-corrected chi connectivity index (χ4v) is 3.34. The quantitative estimate of drug-likeness (QED) is 0.790. The zero-order chi connectivity index (χ0) is 16.8. The molecule has 1 amide bonds. The van der Waals surface area contributed by atoms with Gasteiger partial charge in [-0.2, -0.15) is 5.10 Å². The molecule has 1 fully saturated rings. The van der Waals surface area contributed by atoms with Crippen molar-refractivity contribution in [2.24, 2.45) is 0 Å². The number of carbonyl (C=O) groups excluding carboxylic acids is 1. The van der Waals surface area contributed by atoms with Crippen LogP contribution < -0.4 is 10.6 Å². The average molecular weight is 344 g/mol. The molecule has 24 heavy (non-hydrogen) atoms.